The summed E-state index contributed by atoms with van der Waals surface area (Å²) in [5, 5.41) is 2.39. The number of carbonyl (C=O) groups is 2. The van der Waals surface area contributed by atoms with Gasteiger partial charge in [-0.3, -0.25) is 9.59 Å². The molecule has 2 amide bonds. The zero-order chi connectivity index (χ0) is 15.0. The molecule has 7 heteroatoms. The third kappa shape index (κ3) is 6.37. The Kier molecular flexibility index (Phi) is 9.00. The lowest BCUT2D eigenvalue weighted by molar-refractivity contribution is -0.132. The molecule has 0 radical (unpaired) electrons. The van der Waals surface area contributed by atoms with E-state index in [1.807, 2.05) is 0 Å². The third-order valence-electron chi connectivity index (χ3n) is 2.64. The lowest BCUT2D eigenvalue weighted by atomic mass is 10.2. The molecule has 0 aliphatic rings. The molecule has 0 aliphatic carbocycles. The van der Waals surface area contributed by atoms with E-state index >= 15 is 0 Å². The average Bonchev–Trinajstić information content (AvgIpc) is 2.46. The van der Waals surface area contributed by atoms with Gasteiger partial charge in [0.2, 0.25) is 11.8 Å². The number of carbonyl (C=O) groups excluding carboxylic acids is 2. The van der Waals surface area contributed by atoms with Gasteiger partial charge in [-0.05, 0) is 6.07 Å². The second-order valence-electron chi connectivity index (χ2n) is 4.14. The maximum Gasteiger partial charge on any atom is 0.242 e. The molecule has 0 fully saturated rings. The van der Waals surface area contributed by atoms with Crippen molar-refractivity contribution >= 4 is 24.2 Å². The van der Waals surface area contributed by atoms with Gasteiger partial charge in [0.1, 0.15) is 5.82 Å². The summed E-state index contributed by atoms with van der Waals surface area (Å²) in [6.07, 6.45) is 1.55. The van der Waals surface area contributed by atoms with E-state index in [0.29, 0.717) is 5.56 Å². The Bertz CT molecular complexity index is 497. The Balaban J connectivity index is 0.00000400. The quantitative estimate of drug-likeness (QED) is 0.732. The molecule has 3 N–H and O–H groups in total. The molecule has 0 spiro atoms. The van der Waals surface area contributed by atoms with Crippen LogP contribution in [-0.4, -0.2) is 36.3 Å². The molecule has 0 aromatic heterocycles. The van der Waals surface area contributed by atoms with Crippen molar-refractivity contribution in [2.45, 2.75) is 6.54 Å². The highest BCUT2D eigenvalue weighted by atomic mass is 35.5. The van der Waals surface area contributed by atoms with Crippen LogP contribution in [0.5, 0.6) is 0 Å². The van der Waals surface area contributed by atoms with Gasteiger partial charge in [0, 0.05) is 18.7 Å². The molecule has 0 aliphatic heterocycles. The first-order valence-corrected chi connectivity index (χ1v) is 6.17. The molecule has 0 atom stereocenters. The van der Waals surface area contributed by atoms with E-state index < -0.39 is 5.91 Å². The molecule has 1 aromatic carbocycles. The van der Waals surface area contributed by atoms with Crippen LogP contribution in [0, 0.1) is 5.82 Å². The van der Waals surface area contributed by atoms with Crippen molar-refractivity contribution in [3.8, 4) is 0 Å². The zero-order valence-corrected chi connectivity index (χ0v) is 12.4. The summed E-state index contributed by atoms with van der Waals surface area (Å²) in [6, 6.07) is 6.23. The maximum absolute atomic E-state index is 13.6. The fourth-order valence-electron chi connectivity index (χ4n) is 1.60. The predicted molar refractivity (Wildman–Crippen MR) is 81.3 cm³/mol. The summed E-state index contributed by atoms with van der Waals surface area (Å²) in [7, 11) is 0. The third-order valence-corrected chi connectivity index (χ3v) is 2.64. The van der Waals surface area contributed by atoms with Gasteiger partial charge in [-0.25, -0.2) is 4.39 Å². The first kappa shape index (κ1) is 19.1. The highest BCUT2D eigenvalue weighted by Crippen LogP contribution is 2.10. The number of nitrogens with two attached hydrogens (primary N) is 1. The molecule has 21 heavy (non-hydrogen) atoms. The molecule has 0 bridgehead atoms. The molecule has 5 nitrogen and oxygen atoms in total. The lowest BCUT2D eigenvalue weighted by Gasteiger charge is -2.21. The zero-order valence-electron chi connectivity index (χ0n) is 11.5. The summed E-state index contributed by atoms with van der Waals surface area (Å²) >= 11 is 0. The van der Waals surface area contributed by atoms with Crippen LogP contribution in [-0.2, 0) is 16.1 Å². The number of rotatable bonds is 7. The Labute approximate surface area is 129 Å². The van der Waals surface area contributed by atoms with Gasteiger partial charge in [-0.15, -0.1) is 19.0 Å². The number of amides is 2. The number of hydrogen-bond acceptors (Lipinski definition) is 3. The Hall–Kier alpha value is -1.92. The number of halogens is 2. The second-order valence-corrected chi connectivity index (χ2v) is 4.14. The molecule has 0 heterocycles. The monoisotopic (exact) mass is 315 g/mol. The number of nitrogens with one attached hydrogen (secondary N) is 1. The van der Waals surface area contributed by atoms with E-state index in [4.69, 9.17) is 5.73 Å². The maximum atomic E-state index is 13.6. The molecular formula is C14H19ClFN3O2. The molecule has 116 valence electrons. The Morgan fingerprint density at radius 3 is 2.62 bits per heavy atom. The average molecular weight is 316 g/mol. The largest absolute Gasteiger partial charge is 0.346 e. The van der Waals surface area contributed by atoms with Crippen LogP contribution in [0.2, 0.25) is 0 Å². The minimum Gasteiger partial charge on any atom is -0.346 e. The normalized spacial score (nSPS) is 9.43. The lowest BCUT2D eigenvalue weighted by Crippen LogP contribution is -2.41. The van der Waals surface area contributed by atoms with Gasteiger partial charge in [0.25, 0.3) is 0 Å². The summed E-state index contributed by atoms with van der Waals surface area (Å²) in [6.45, 7) is 3.61. The van der Waals surface area contributed by atoms with E-state index in [0.717, 1.165) is 0 Å². The van der Waals surface area contributed by atoms with Crippen LogP contribution in [0.1, 0.15) is 5.56 Å². The number of hydrogen-bond donors (Lipinski definition) is 2. The van der Waals surface area contributed by atoms with Crippen molar-refractivity contribution in [3.63, 3.8) is 0 Å². The molecular weight excluding hydrogens is 297 g/mol. The summed E-state index contributed by atoms with van der Waals surface area (Å²) in [5.74, 6) is -1.11. The van der Waals surface area contributed by atoms with Gasteiger partial charge in [0.15, 0.2) is 0 Å². The Morgan fingerprint density at radius 2 is 2.05 bits per heavy atom. The highest BCUT2D eigenvalue weighted by molar-refractivity contribution is 5.85. The van der Waals surface area contributed by atoms with E-state index in [-0.39, 0.29) is 50.3 Å². The van der Waals surface area contributed by atoms with Crippen LogP contribution in [0.25, 0.3) is 0 Å². The fraction of sp³-hybridized carbons (Fsp3) is 0.286. The van der Waals surface area contributed by atoms with Crippen LogP contribution in [0.15, 0.2) is 36.9 Å². The van der Waals surface area contributed by atoms with Crippen LogP contribution in [0.4, 0.5) is 4.39 Å². The molecule has 0 saturated heterocycles. The SMILES string of the molecule is C=CCN(Cc1ccccc1F)C(=O)CNC(=O)CN.Cl. The minimum atomic E-state index is -0.414. The van der Waals surface area contributed by atoms with E-state index in [2.05, 4.69) is 11.9 Å². The van der Waals surface area contributed by atoms with E-state index in [1.165, 1.54) is 11.0 Å². The van der Waals surface area contributed by atoms with Gasteiger partial charge < -0.3 is 16.0 Å². The first-order valence-electron chi connectivity index (χ1n) is 6.17. The van der Waals surface area contributed by atoms with Crippen molar-refractivity contribution < 1.29 is 14.0 Å². The topological polar surface area (TPSA) is 75.4 Å². The van der Waals surface area contributed by atoms with E-state index in [9.17, 15) is 14.0 Å². The molecule has 0 saturated carbocycles. The van der Waals surface area contributed by atoms with Crippen molar-refractivity contribution in [3.05, 3.63) is 48.3 Å². The fourth-order valence-corrected chi connectivity index (χ4v) is 1.60. The molecule has 1 rings (SSSR count). The van der Waals surface area contributed by atoms with Crippen molar-refractivity contribution in [2.24, 2.45) is 5.73 Å². The second kappa shape index (κ2) is 9.90. The van der Waals surface area contributed by atoms with Crippen molar-refractivity contribution in [2.75, 3.05) is 19.6 Å². The number of benzene rings is 1. The summed E-state index contributed by atoms with van der Waals surface area (Å²) in [4.78, 5) is 24.4. The van der Waals surface area contributed by atoms with Crippen molar-refractivity contribution in [1.29, 1.82) is 0 Å². The van der Waals surface area contributed by atoms with Crippen molar-refractivity contribution in [1.82, 2.24) is 10.2 Å². The smallest absolute Gasteiger partial charge is 0.242 e. The van der Waals surface area contributed by atoms with Gasteiger partial charge in [-0.2, -0.15) is 0 Å². The molecule has 0 unspecified atom stereocenters. The highest BCUT2D eigenvalue weighted by Gasteiger charge is 2.15. The van der Waals surface area contributed by atoms with Gasteiger partial charge >= 0.3 is 0 Å². The van der Waals surface area contributed by atoms with E-state index in [1.54, 1.807) is 24.3 Å². The summed E-state index contributed by atoms with van der Waals surface area (Å²) < 4.78 is 13.6. The molecule has 1 aromatic rings. The summed E-state index contributed by atoms with van der Waals surface area (Å²) in [5.41, 5.74) is 5.54. The first-order chi connectivity index (χ1) is 9.58. The Morgan fingerprint density at radius 1 is 1.38 bits per heavy atom. The standard InChI is InChI=1S/C14H18FN3O2.ClH/c1-2-7-18(14(20)9-17-13(19)8-16)10-11-5-3-4-6-12(11)15;/h2-6H,1,7-10,16H2,(H,17,19);1H. The van der Waals surface area contributed by atoms with Crippen LogP contribution < -0.4 is 11.1 Å². The van der Waals surface area contributed by atoms with Crippen LogP contribution in [0.3, 0.4) is 0 Å². The van der Waals surface area contributed by atoms with Gasteiger partial charge in [0.05, 0.1) is 13.1 Å². The van der Waals surface area contributed by atoms with Gasteiger partial charge in [-0.1, -0.05) is 24.3 Å². The van der Waals surface area contributed by atoms with Crippen LogP contribution >= 0.6 is 12.4 Å². The minimum absolute atomic E-state index is 0. The number of nitrogens with zero attached hydrogens (tertiary/aromatic N) is 1. The predicted octanol–water partition coefficient (Wildman–Crippen LogP) is 0.837.